The second-order valence-corrected chi connectivity index (χ2v) is 7.01. The molecule has 158 valence electrons. The Hall–Kier alpha value is -3.16. The number of hydrogen-bond acceptors (Lipinski definition) is 6. The number of carbonyl (C=O) groups is 1. The van der Waals surface area contributed by atoms with Crippen LogP contribution in [0.1, 0.15) is 37.4 Å². The molecule has 0 radical (unpaired) electrons. The summed E-state index contributed by atoms with van der Waals surface area (Å²) in [5, 5.41) is 4.07. The molecule has 1 amide bonds. The van der Waals surface area contributed by atoms with Crippen molar-refractivity contribution >= 4 is 18.2 Å². The lowest BCUT2D eigenvalue weighted by atomic mass is 10.0. The first-order valence-electron chi connectivity index (χ1n) is 9.98. The Morgan fingerprint density at radius 2 is 2.00 bits per heavy atom. The van der Waals surface area contributed by atoms with Crippen LogP contribution in [0.15, 0.2) is 59.2 Å². The number of allylic oxidation sites excluding steroid dienone is 1. The van der Waals surface area contributed by atoms with Crippen molar-refractivity contribution in [3.05, 3.63) is 65.2 Å². The second-order valence-electron chi connectivity index (χ2n) is 7.01. The maximum atomic E-state index is 12.4. The van der Waals surface area contributed by atoms with E-state index < -0.39 is 0 Å². The Morgan fingerprint density at radius 1 is 1.20 bits per heavy atom. The maximum Gasteiger partial charge on any atom is 0.258 e. The molecule has 0 spiro atoms. The summed E-state index contributed by atoms with van der Waals surface area (Å²) in [5.41, 5.74) is 11.9. The van der Waals surface area contributed by atoms with Gasteiger partial charge in [-0.05, 0) is 49.1 Å². The SMILES string of the molecule is CCOc1ccc(C2CC(C(=O)N/N=C/C(C)=C/c3ccccc3)NN2)cc1OC. The highest BCUT2D eigenvalue weighted by molar-refractivity contribution is 5.87. The Kier molecular flexibility index (Phi) is 7.59. The molecule has 2 aromatic rings. The number of carbonyl (C=O) groups excluding carboxylic acids is 1. The van der Waals surface area contributed by atoms with Gasteiger partial charge in [0.15, 0.2) is 11.5 Å². The van der Waals surface area contributed by atoms with Crippen molar-refractivity contribution < 1.29 is 14.3 Å². The van der Waals surface area contributed by atoms with Crippen LogP contribution in [0.5, 0.6) is 11.5 Å². The van der Waals surface area contributed by atoms with Crippen LogP contribution in [-0.4, -0.2) is 31.9 Å². The molecule has 3 N–H and O–H groups in total. The molecule has 1 heterocycles. The highest BCUT2D eigenvalue weighted by atomic mass is 16.5. The Balaban J connectivity index is 1.55. The van der Waals surface area contributed by atoms with Gasteiger partial charge >= 0.3 is 0 Å². The van der Waals surface area contributed by atoms with Crippen LogP contribution in [0.2, 0.25) is 0 Å². The smallest absolute Gasteiger partial charge is 0.258 e. The van der Waals surface area contributed by atoms with Gasteiger partial charge in [0.2, 0.25) is 0 Å². The van der Waals surface area contributed by atoms with Gasteiger partial charge in [-0.1, -0.05) is 42.5 Å². The molecule has 3 rings (SSSR count). The van der Waals surface area contributed by atoms with Crippen LogP contribution < -0.4 is 25.8 Å². The highest BCUT2D eigenvalue weighted by Crippen LogP contribution is 2.32. The molecule has 0 aliphatic carbocycles. The summed E-state index contributed by atoms with van der Waals surface area (Å²) in [6.07, 6.45) is 4.24. The van der Waals surface area contributed by atoms with Crippen molar-refractivity contribution in [1.82, 2.24) is 16.3 Å². The van der Waals surface area contributed by atoms with E-state index >= 15 is 0 Å². The summed E-state index contributed by atoms with van der Waals surface area (Å²) >= 11 is 0. The van der Waals surface area contributed by atoms with E-state index in [2.05, 4.69) is 21.4 Å². The van der Waals surface area contributed by atoms with Gasteiger partial charge in [-0.3, -0.25) is 4.79 Å². The standard InChI is InChI=1S/C23H28N4O3/c1-4-30-21-11-10-18(13-22(21)29-3)19-14-20(26-25-19)23(28)27-24-15-16(2)12-17-8-6-5-7-9-17/h5-13,15,19-20,25-26H,4,14H2,1-3H3,(H,27,28)/b16-12+,24-15+. The Morgan fingerprint density at radius 3 is 2.73 bits per heavy atom. The van der Waals surface area contributed by atoms with Crippen LogP contribution in [0.4, 0.5) is 0 Å². The molecule has 30 heavy (non-hydrogen) atoms. The van der Waals surface area contributed by atoms with Crippen molar-refractivity contribution in [3.8, 4) is 11.5 Å². The molecule has 2 atom stereocenters. The van der Waals surface area contributed by atoms with Crippen LogP contribution in [-0.2, 0) is 4.79 Å². The lowest BCUT2D eigenvalue weighted by Gasteiger charge is -2.14. The maximum absolute atomic E-state index is 12.4. The highest BCUT2D eigenvalue weighted by Gasteiger charge is 2.30. The number of hydrazone groups is 1. The average Bonchev–Trinajstić information content (AvgIpc) is 3.25. The molecular formula is C23H28N4O3. The van der Waals surface area contributed by atoms with Crippen LogP contribution in [0, 0.1) is 0 Å². The number of ether oxygens (including phenoxy) is 2. The van der Waals surface area contributed by atoms with E-state index in [1.54, 1.807) is 13.3 Å². The van der Waals surface area contributed by atoms with Crippen LogP contribution in [0.3, 0.4) is 0 Å². The van der Waals surface area contributed by atoms with Crippen molar-refractivity contribution in [1.29, 1.82) is 0 Å². The van der Waals surface area contributed by atoms with Gasteiger partial charge in [-0.2, -0.15) is 5.10 Å². The fourth-order valence-corrected chi connectivity index (χ4v) is 3.25. The number of nitrogens with one attached hydrogen (secondary N) is 3. The molecule has 0 aromatic heterocycles. The first-order chi connectivity index (χ1) is 14.6. The van der Waals surface area contributed by atoms with Crippen molar-refractivity contribution in [2.45, 2.75) is 32.4 Å². The first-order valence-corrected chi connectivity index (χ1v) is 9.98. The Labute approximate surface area is 177 Å². The van der Waals surface area contributed by atoms with Gasteiger partial charge in [0.1, 0.15) is 6.04 Å². The molecule has 1 saturated heterocycles. The summed E-state index contributed by atoms with van der Waals surface area (Å²) in [5.74, 6) is 1.19. The largest absolute Gasteiger partial charge is 0.493 e. The van der Waals surface area contributed by atoms with Gasteiger partial charge in [0.05, 0.1) is 19.9 Å². The van der Waals surface area contributed by atoms with Crippen LogP contribution in [0.25, 0.3) is 6.08 Å². The molecule has 0 bridgehead atoms. The molecule has 0 saturated carbocycles. The number of hydrogen-bond donors (Lipinski definition) is 3. The Bertz CT molecular complexity index is 912. The minimum absolute atomic E-state index is 0.0194. The van der Waals surface area contributed by atoms with Gasteiger partial charge in [0, 0.05) is 6.04 Å². The zero-order valence-electron chi connectivity index (χ0n) is 17.5. The third-order valence-electron chi connectivity index (χ3n) is 4.75. The summed E-state index contributed by atoms with van der Waals surface area (Å²) in [7, 11) is 1.62. The summed E-state index contributed by atoms with van der Waals surface area (Å²) in [4.78, 5) is 12.4. The van der Waals surface area contributed by atoms with E-state index in [9.17, 15) is 4.79 Å². The topological polar surface area (TPSA) is 84.0 Å². The third-order valence-corrected chi connectivity index (χ3v) is 4.75. The average molecular weight is 409 g/mol. The molecule has 1 aliphatic rings. The third kappa shape index (κ3) is 5.68. The lowest BCUT2D eigenvalue weighted by Crippen LogP contribution is -2.41. The molecule has 2 unspecified atom stereocenters. The zero-order chi connectivity index (χ0) is 21.3. The molecule has 2 aromatic carbocycles. The van der Waals surface area contributed by atoms with Crippen LogP contribution >= 0.6 is 0 Å². The van der Waals surface area contributed by atoms with E-state index in [1.807, 2.05) is 68.5 Å². The van der Waals surface area contributed by atoms with Gasteiger partial charge in [-0.15, -0.1) is 0 Å². The summed E-state index contributed by atoms with van der Waals surface area (Å²) < 4.78 is 11.0. The van der Waals surface area contributed by atoms with Gasteiger partial charge < -0.3 is 9.47 Å². The van der Waals surface area contributed by atoms with Gasteiger partial charge in [-0.25, -0.2) is 16.3 Å². The molecule has 7 heteroatoms. The van der Waals surface area contributed by atoms with E-state index in [0.29, 0.717) is 24.5 Å². The summed E-state index contributed by atoms with van der Waals surface area (Å²) in [6.45, 7) is 4.44. The quantitative estimate of drug-likeness (QED) is 0.461. The molecule has 1 fully saturated rings. The fraction of sp³-hybridized carbons (Fsp3) is 0.304. The summed E-state index contributed by atoms with van der Waals surface area (Å²) in [6, 6.07) is 15.3. The fourth-order valence-electron chi connectivity index (χ4n) is 3.25. The lowest BCUT2D eigenvalue weighted by molar-refractivity contribution is -0.122. The number of benzene rings is 2. The van der Waals surface area contributed by atoms with Crippen molar-refractivity contribution in [3.63, 3.8) is 0 Å². The monoisotopic (exact) mass is 408 g/mol. The predicted octanol–water partition coefficient (Wildman–Crippen LogP) is 3.21. The molecule has 7 nitrogen and oxygen atoms in total. The number of amides is 1. The van der Waals surface area contributed by atoms with Gasteiger partial charge in [0.25, 0.3) is 5.91 Å². The van der Waals surface area contributed by atoms with Crippen molar-refractivity contribution in [2.24, 2.45) is 5.10 Å². The molecule has 1 aliphatic heterocycles. The van der Waals surface area contributed by atoms with E-state index in [-0.39, 0.29) is 18.0 Å². The minimum Gasteiger partial charge on any atom is -0.493 e. The number of nitrogens with zero attached hydrogens (tertiary/aromatic N) is 1. The predicted molar refractivity (Wildman–Crippen MR) is 118 cm³/mol. The molecular weight excluding hydrogens is 380 g/mol. The first kappa shape index (κ1) is 21.5. The van der Waals surface area contributed by atoms with E-state index in [4.69, 9.17) is 9.47 Å². The number of hydrazine groups is 1. The van der Waals surface area contributed by atoms with E-state index in [1.165, 1.54) is 0 Å². The minimum atomic E-state index is -0.386. The number of methoxy groups -OCH3 is 1. The zero-order valence-corrected chi connectivity index (χ0v) is 17.5. The second kappa shape index (κ2) is 10.6. The van der Waals surface area contributed by atoms with Crippen molar-refractivity contribution in [2.75, 3.05) is 13.7 Å². The van der Waals surface area contributed by atoms with E-state index in [0.717, 1.165) is 16.7 Å². The normalized spacial score (nSPS) is 19.1. The number of rotatable bonds is 8.